The van der Waals surface area contributed by atoms with Crippen LogP contribution in [-0.4, -0.2) is 20.3 Å². The Bertz CT molecular complexity index is 1350. The number of fused-ring (bicyclic) bond motifs is 2. The number of nitrogens with one attached hydrogen (secondary N) is 1. The third-order valence-corrected chi connectivity index (χ3v) is 6.24. The molecular formula is C22H20N4O3S. The van der Waals surface area contributed by atoms with Crippen LogP contribution in [0.15, 0.2) is 51.7 Å². The van der Waals surface area contributed by atoms with E-state index in [9.17, 15) is 9.59 Å². The Kier molecular flexibility index (Phi) is 4.51. The van der Waals surface area contributed by atoms with Gasteiger partial charge >= 0.3 is 5.76 Å². The first-order valence-electron chi connectivity index (χ1n) is 9.65. The summed E-state index contributed by atoms with van der Waals surface area (Å²) in [5.74, 6) is 1.45. The summed E-state index contributed by atoms with van der Waals surface area (Å²) in [5, 5.41) is 7.77. The van der Waals surface area contributed by atoms with Crippen LogP contribution in [0.2, 0.25) is 0 Å². The Morgan fingerprint density at radius 1 is 1.20 bits per heavy atom. The number of nitrogens with zero attached hydrogens (tertiary/aromatic N) is 3. The maximum atomic E-state index is 12.9. The van der Waals surface area contributed by atoms with E-state index in [2.05, 4.69) is 11.4 Å². The molecule has 0 aliphatic carbocycles. The molecular weight excluding hydrogens is 400 g/mol. The fourth-order valence-corrected chi connectivity index (χ4v) is 4.87. The highest BCUT2D eigenvalue weighted by molar-refractivity contribution is 7.98. The molecule has 1 amide bonds. The van der Waals surface area contributed by atoms with Gasteiger partial charge in [0.15, 0.2) is 5.58 Å². The van der Waals surface area contributed by atoms with E-state index < -0.39 is 5.76 Å². The number of thioether (sulfide) groups is 1. The average molecular weight is 420 g/mol. The number of para-hydroxylation sites is 2. The molecule has 0 bridgehead atoms. The first-order chi connectivity index (χ1) is 14.5. The van der Waals surface area contributed by atoms with Gasteiger partial charge in [0.2, 0.25) is 5.91 Å². The van der Waals surface area contributed by atoms with Gasteiger partial charge in [0, 0.05) is 17.1 Å². The molecule has 0 fully saturated rings. The van der Waals surface area contributed by atoms with Gasteiger partial charge in [0.1, 0.15) is 12.4 Å². The van der Waals surface area contributed by atoms with Crippen molar-refractivity contribution in [1.82, 2.24) is 14.3 Å². The van der Waals surface area contributed by atoms with Gasteiger partial charge in [-0.05, 0) is 37.6 Å². The zero-order chi connectivity index (χ0) is 20.8. The lowest BCUT2D eigenvalue weighted by molar-refractivity contribution is -0.116. The van der Waals surface area contributed by atoms with E-state index >= 15 is 0 Å². The van der Waals surface area contributed by atoms with Crippen molar-refractivity contribution in [3.63, 3.8) is 0 Å². The van der Waals surface area contributed by atoms with Crippen molar-refractivity contribution in [1.29, 1.82) is 0 Å². The Balaban J connectivity index is 1.51. The monoisotopic (exact) mass is 420 g/mol. The van der Waals surface area contributed by atoms with Crippen LogP contribution in [0.25, 0.3) is 16.8 Å². The molecule has 0 saturated carbocycles. The normalized spacial score (nSPS) is 13.0. The molecule has 30 heavy (non-hydrogen) atoms. The van der Waals surface area contributed by atoms with Crippen LogP contribution in [0.3, 0.4) is 0 Å². The number of rotatable bonds is 4. The fourth-order valence-electron chi connectivity index (χ4n) is 3.84. The van der Waals surface area contributed by atoms with Crippen molar-refractivity contribution in [3.05, 3.63) is 75.4 Å². The summed E-state index contributed by atoms with van der Waals surface area (Å²) in [5.41, 5.74) is 6.27. The molecule has 152 valence electrons. The minimum Gasteiger partial charge on any atom is -0.408 e. The number of hydrogen-bond acceptors (Lipinski definition) is 5. The highest BCUT2D eigenvalue weighted by Gasteiger charge is 2.25. The van der Waals surface area contributed by atoms with Crippen molar-refractivity contribution in [2.24, 2.45) is 0 Å². The molecule has 5 rings (SSSR count). The van der Waals surface area contributed by atoms with E-state index in [1.807, 2.05) is 36.7 Å². The molecule has 2 aromatic heterocycles. The molecule has 0 unspecified atom stereocenters. The van der Waals surface area contributed by atoms with Crippen LogP contribution in [0.1, 0.15) is 22.4 Å². The number of oxazole rings is 1. The maximum absolute atomic E-state index is 12.9. The zero-order valence-electron chi connectivity index (χ0n) is 16.6. The summed E-state index contributed by atoms with van der Waals surface area (Å²) >= 11 is 1.77. The minimum atomic E-state index is -0.546. The van der Waals surface area contributed by atoms with Gasteiger partial charge in [-0.25, -0.2) is 9.48 Å². The molecule has 8 heteroatoms. The average Bonchev–Trinajstić information content (AvgIpc) is 3.37. The van der Waals surface area contributed by atoms with Gasteiger partial charge in [0.05, 0.1) is 16.9 Å². The Morgan fingerprint density at radius 2 is 2.03 bits per heavy atom. The van der Waals surface area contributed by atoms with Crippen molar-refractivity contribution in [2.75, 3.05) is 5.32 Å². The second kappa shape index (κ2) is 7.21. The Labute approximate surface area is 176 Å². The van der Waals surface area contributed by atoms with Crippen molar-refractivity contribution < 1.29 is 9.21 Å². The summed E-state index contributed by atoms with van der Waals surface area (Å²) in [6.07, 6.45) is 0. The SMILES string of the molecule is Cc1ccc(-n2nc3c(c2NC(=O)Cn2c(=O)oc4ccccc42)CSC3)c(C)c1. The molecule has 0 spiro atoms. The van der Waals surface area contributed by atoms with Crippen molar-refractivity contribution in [3.8, 4) is 5.69 Å². The predicted octanol–water partition coefficient (Wildman–Crippen LogP) is 3.78. The number of carbonyl (C=O) groups excluding carboxylic acids is 1. The van der Waals surface area contributed by atoms with Gasteiger partial charge in [-0.1, -0.05) is 29.8 Å². The van der Waals surface area contributed by atoms with Gasteiger partial charge in [0.25, 0.3) is 0 Å². The molecule has 1 aliphatic rings. The highest BCUT2D eigenvalue weighted by Crippen LogP contribution is 2.36. The third-order valence-electron chi connectivity index (χ3n) is 5.27. The number of carbonyl (C=O) groups is 1. The Morgan fingerprint density at radius 3 is 2.87 bits per heavy atom. The topological polar surface area (TPSA) is 82.1 Å². The van der Waals surface area contributed by atoms with Crippen LogP contribution in [0.4, 0.5) is 5.82 Å². The summed E-state index contributed by atoms with van der Waals surface area (Å²) in [6, 6.07) is 13.2. The highest BCUT2D eigenvalue weighted by atomic mass is 32.2. The largest absolute Gasteiger partial charge is 0.420 e. The lowest BCUT2D eigenvalue weighted by atomic mass is 10.1. The smallest absolute Gasteiger partial charge is 0.408 e. The number of anilines is 1. The van der Waals surface area contributed by atoms with Gasteiger partial charge in [-0.15, -0.1) is 0 Å². The molecule has 1 N–H and O–H groups in total. The quantitative estimate of drug-likeness (QED) is 0.543. The van der Waals surface area contributed by atoms with Crippen LogP contribution in [-0.2, 0) is 22.8 Å². The van der Waals surface area contributed by atoms with E-state index in [1.165, 1.54) is 10.1 Å². The Hall–Kier alpha value is -3.26. The van der Waals surface area contributed by atoms with Crippen molar-refractivity contribution >= 4 is 34.6 Å². The van der Waals surface area contributed by atoms with E-state index in [0.29, 0.717) is 16.9 Å². The fraction of sp³-hybridized carbons (Fsp3) is 0.227. The third kappa shape index (κ3) is 3.13. The van der Waals surface area contributed by atoms with Crippen LogP contribution in [0.5, 0.6) is 0 Å². The second-order valence-corrected chi connectivity index (χ2v) is 8.42. The molecule has 2 aromatic carbocycles. The minimum absolute atomic E-state index is 0.129. The molecule has 0 saturated heterocycles. The molecule has 7 nitrogen and oxygen atoms in total. The van der Waals surface area contributed by atoms with E-state index in [1.54, 1.807) is 30.0 Å². The number of benzene rings is 2. The number of aromatic nitrogens is 3. The van der Waals surface area contributed by atoms with Gasteiger partial charge in [-0.3, -0.25) is 9.36 Å². The zero-order valence-corrected chi connectivity index (χ0v) is 17.5. The predicted molar refractivity (Wildman–Crippen MR) is 117 cm³/mol. The number of hydrogen-bond donors (Lipinski definition) is 1. The van der Waals surface area contributed by atoms with E-state index in [4.69, 9.17) is 9.52 Å². The van der Waals surface area contributed by atoms with Crippen LogP contribution < -0.4 is 11.1 Å². The summed E-state index contributed by atoms with van der Waals surface area (Å²) in [6.45, 7) is 3.95. The van der Waals surface area contributed by atoms with Crippen LogP contribution >= 0.6 is 11.8 Å². The summed E-state index contributed by atoms with van der Waals surface area (Å²) in [4.78, 5) is 25.2. The first-order valence-corrected chi connectivity index (χ1v) is 10.8. The molecule has 3 heterocycles. The number of aryl methyl sites for hydroxylation is 2. The summed E-state index contributed by atoms with van der Waals surface area (Å²) < 4.78 is 8.39. The van der Waals surface area contributed by atoms with E-state index in [-0.39, 0.29) is 12.5 Å². The lowest BCUT2D eigenvalue weighted by Gasteiger charge is -2.13. The van der Waals surface area contributed by atoms with Crippen LogP contribution in [0, 0.1) is 13.8 Å². The molecule has 0 radical (unpaired) electrons. The lowest BCUT2D eigenvalue weighted by Crippen LogP contribution is -2.26. The summed E-state index contributed by atoms with van der Waals surface area (Å²) in [7, 11) is 0. The van der Waals surface area contributed by atoms with Gasteiger partial charge < -0.3 is 9.73 Å². The maximum Gasteiger partial charge on any atom is 0.420 e. The van der Waals surface area contributed by atoms with Gasteiger partial charge in [-0.2, -0.15) is 16.9 Å². The number of amides is 1. The van der Waals surface area contributed by atoms with E-state index in [0.717, 1.165) is 34.0 Å². The molecule has 1 aliphatic heterocycles. The molecule has 0 atom stereocenters. The second-order valence-electron chi connectivity index (χ2n) is 7.44. The van der Waals surface area contributed by atoms with Crippen molar-refractivity contribution in [2.45, 2.75) is 31.9 Å². The first kappa shape index (κ1) is 18.7. The molecule has 4 aromatic rings. The standard InChI is InChI=1S/C22H20N4O3S/c1-13-7-8-17(14(2)9-13)26-21(15-11-30-12-16(15)24-26)23-20(27)10-25-18-5-3-4-6-19(18)29-22(25)28/h3-9H,10-12H2,1-2H3,(H,23,27).